The number of benzene rings is 2. The maximum absolute atomic E-state index is 12.5. The number of nitrogens with zero attached hydrogens (tertiary/aromatic N) is 1. The molecule has 0 saturated carbocycles. The molecule has 0 spiro atoms. The van der Waals surface area contributed by atoms with Crippen LogP contribution in [0.15, 0.2) is 42.5 Å². The van der Waals surface area contributed by atoms with Gasteiger partial charge < -0.3 is 10.2 Å². The first kappa shape index (κ1) is 16.5. The molecule has 1 fully saturated rings. The highest BCUT2D eigenvalue weighted by molar-refractivity contribution is 6.31. The molecule has 2 aromatic rings. The van der Waals surface area contributed by atoms with Gasteiger partial charge in [0, 0.05) is 29.4 Å². The Morgan fingerprint density at radius 1 is 1.17 bits per heavy atom. The first-order chi connectivity index (χ1) is 11.5. The van der Waals surface area contributed by atoms with Crippen LogP contribution >= 0.6 is 11.6 Å². The molecule has 0 unspecified atom stereocenters. The number of para-hydroxylation sites is 1. The van der Waals surface area contributed by atoms with Crippen LogP contribution in [0, 0.1) is 19.8 Å². The summed E-state index contributed by atoms with van der Waals surface area (Å²) in [5, 5.41) is 3.54. The number of anilines is 2. The van der Waals surface area contributed by atoms with Crippen LogP contribution in [0.25, 0.3) is 0 Å². The number of halogens is 1. The van der Waals surface area contributed by atoms with Crippen molar-refractivity contribution in [3.8, 4) is 0 Å². The molecule has 1 aliphatic heterocycles. The molecule has 0 bridgehead atoms. The number of nitrogens with one attached hydrogen (secondary N) is 1. The highest BCUT2D eigenvalue weighted by Crippen LogP contribution is 2.29. The van der Waals surface area contributed by atoms with E-state index in [2.05, 4.69) is 5.32 Å². The Labute approximate surface area is 146 Å². The quantitative estimate of drug-likeness (QED) is 0.918. The van der Waals surface area contributed by atoms with E-state index < -0.39 is 0 Å². The van der Waals surface area contributed by atoms with Gasteiger partial charge in [-0.15, -0.1) is 0 Å². The van der Waals surface area contributed by atoms with E-state index in [0.717, 1.165) is 22.5 Å². The van der Waals surface area contributed by atoms with Crippen LogP contribution in [0.5, 0.6) is 0 Å². The fourth-order valence-corrected chi connectivity index (χ4v) is 3.01. The molecule has 0 aromatic heterocycles. The van der Waals surface area contributed by atoms with Crippen molar-refractivity contribution in [2.45, 2.75) is 20.3 Å². The molecule has 1 aliphatic rings. The Bertz CT molecular complexity index is 804. The van der Waals surface area contributed by atoms with E-state index in [1.54, 1.807) is 11.0 Å². The number of hydrogen-bond donors (Lipinski definition) is 1. The van der Waals surface area contributed by atoms with Crippen LogP contribution in [0.1, 0.15) is 17.5 Å². The summed E-state index contributed by atoms with van der Waals surface area (Å²) in [5.74, 6) is -0.546. The van der Waals surface area contributed by atoms with E-state index in [1.807, 2.05) is 50.2 Å². The number of rotatable bonds is 3. The second-order valence-corrected chi connectivity index (χ2v) is 6.55. The van der Waals surface area contributed by atoms with Gasteiger partial charge in [-0.25, -0.2) is 0 Å². The number of carbonyl (C=O) groups is 2. The third-order valence-electron chi connectivity index (χ3n) is 4.37. The van der Waals surface area contributed by atoms with Gasteiger partial charge in [-0.05, 0) is 43.2 Å². The number of amides is 2. The van der Waals surface area contributed by atoms with E-state index in [1.165, 1.54) is 0 Å². The summed E-state index contributed by atoms with van der Waals surface area (Å²) in [5.41, 5.74) is 3.48. The lowest BCUT2D eigenvalue weighted by Gasteiger charge is -2.18. The molecule has 1 atom stereocenters. The highest BCUT2D eigenvalue weighted by Gasteiger charge is 2.35. The Hall–Kier alpha value is -2.33. The van der Waals surface area contributed by atoms with Gasteiger partial charge in [0.2, 0.25) is 11.8 Å². The molecular weight excluding hydrogens is 324 g/mol. The summed E-state index contributed by atoms with van der Waals surface area (Å²) >= 11 is 6.15. The van der Waals surface area contributed by atoms with Gasteiger partial charge in [0.25, 0.3) is 0 Å². The predicted octanol–water partition coefficient (Wildman–Crippen LogP) is 3.95. The van der Waals surface area contributed by atoms with Crippen molar-refractivity contribution in [1.82, 2.24) is 0 Å². The van der Waals surface area contributed by atoms with E-state index in [4.69, 9.17) is 11.6 Å². The molecule has 1 saturated heterocycles. The van der Waals surface area contributed by atoms with Crippen molar-refractivity contribution in [3.05, 3.63) is 58.6 Å². The summed E-state index contributed by atoms with van der Waals surface area (Å²) < 4.78 is 0. The van der Waals surface area contributed by atoms with Gasteiger partial charge in [0.05, 0.1) is 5.92 Å². The van der Waals surface area contributed by atoms with Crippen LogP contribution in [-0.4, -0.2) is 18.4 Å². The molecule has 4 nitrogen and oxygen atoms in total. The molecule has 2 aromatic carbocycles. The van der Waals surface area contributed by atoms with Crippen molar-refractivity contribution in [2.75, 3.05) is 16.8 Å². The van der Waals surface area contributed by atoms with Gasteiger partial charge in [-0.2, -0.15) is 0 Å². The Morgan fingerprint density at radius 2 is 1.92 bits per heavy atom. The molecule has 0 aliphatic carbocycles. The normalized spacial score (nSPS) is 17.2. The van der Waals surface area contributed by atoms with Gasteiger partial charge in [-0.1, -0.05) is 35.9 Å². The van der Waals surface area contributed by atoms with Gasteiger partial charge in [0.1, 0.15) is 0 Å². The zero-order valence-electron chi connectivity index (χ0n) is 13.7. The molecule has 1 N–H and O–H groups in total. The van der Waals surface area contributed by atoms with Gasteiger partial charge in [0.15, 0.2) is 0 Å². The zero-order chi connectivity index (χ0) is 17.3. The summed E-state index contributed by atoms with van der Waals surface area (Å²) in [6.07, 6.45) is 0.212. The minimum Gasteiger partial charge on any atom is -0.326 e. The minimum atomic E-state index is -0.364. The van der Waals surface area contributed by atoms with Gasteiger partial charge in [-0.3, -0.25) is 9.59 Å². The Kier molecular flexibility index (Phi) is 4.58. The van der Waals surface area contributed by atoms with E-state index >= 15 is 0 Å². The third-order valence-corrected chi connectivity index (χ3v) is 4.77. The molecule has 5 heteroatoms. The standard InChI is InChI=1S/C19H19ClN2O2/c1-12-7-8-15(10-16(12)20)22-11-14(9-18(22)23)19(24)21-17-6-4-3-5-13(17)2/h3-8,10,14H,9,11H2,1-2H3,(H,21,24)/t14-/m1/s1. The predicted molar refractivity (Wildman–Crippen MR) is 96.5 cm³/mol. The van der Waals surface area contributed by atoms with Crippen LogP contribution in [0.2, 0.25) is 5.02 Å². The zero-order valence-corrected chi connectivity index (χ0v) is 14.4. The molecule has 3 rings (SSSR count). The first-order valence-corrected chi connectivity index (χ1v) is 8.26. The van der Waals surface area contributed by atoms with E-state index in [0.29, 0.717) is 11.6 Å². The van der Waals surface area contributed by atoms with Gasteiger partial charge >= 0.3 is 0 Å². The van der Waals surface area contributed by atoms with Crippen molar-refractivity contribution in [1.29, 1.82) is 0 Å². The summed E-state index contributed by atoms with van der Waals surface area (Å²) in [7, 11) is 0. The minimum absolute atomic E-state index is 0.0557. The second-order valence-electron chi connectivity index (χ2n) is 6.14. The number of hydrogen-bond acceptors (Lipinski definition) is 2. The van der Waals surface area contributed by atoms with E-state index in [-0.39, 0.29) is 24.2 Å². The molecule has 124 valence electrons. The average molecular weight is 343 g/mol. The third kappa shape index (κ3) is 3.29. The Morgan fingerprint density at radius 3 is 2.62 bits per heavy atom. The largest absolute Gasteiger partial charge is 0.326 e. The lowest BCUT2D eigenvalue weighted by atomic mass is 10.1. The smallest absolute Gasteiger partial charge is 0.229 e. The van der Waals surface area contributed by atoms with Crippen molar-refractivity contribution in [3.63, 3.8) is 0 Å². The molecular formula is C19H19ClN2O2. The molecule has 24 heavy (non-hydrogen) atoms. The number of carbonyl (C=O) groups excluding carboxylic acids is 2. The van der Waals surface area contributed by atoms with Crippen molar-refractivity contribution < 1.29 is 9.59 Å². The highest BCUT2D eigenvalue weighted by atomic mass is 35.5. The lowest BCUT2D eigenvalue weighted by Crippen LogP contribution is -2.28. The average Bonchev–Trinajstić information content (AvgIpc) is 2.94. The Balaban J connectivity index is 1.73. The molecule has 0 radical (unpaired) electrons. The topological polar surface area (TPSA) is 49.4 Å². The lowest BCUT2D eigenvalue weighted by molar-refractivity contribution is -0.122. The van der Waals surface area contributed by atoms with Crippen LogP contribution in [0.4, 0.5) is 11.4 Å². The SMILES string of the molecule is Cc1ccc(N2C[C@H](C(=O)Nc3ccccc3C)CC2=O)cc1Cl. The first-order valence-electron chi connectivity index (χ1n) is 7.88. The van der Waals surface area contributed by atoms with Crippen LogP contribution in [-0.2, 0) is 9.59 Å². The maximum Gasteiger partial charge on any atom is 0.229 e. The molecule has 1 heterocycles. The summed E-state index contributed by atoms with van der Waals surface area (Å²) in [6.45, 7) is 4.22. The second kappa shape index (κ2) is 6.65. The summed E-state index contributed by atoms with van der Waals surface area (Å²) in [6, 6.07) is 13.1. The van der Waals surface area contributed by atoms with Crippen LogP contribution in [0.3, 0.4) is 0 Å². The fourth-order valence-electron chi connectivity index (χ4n) is 2.83. The fraction of sp³-hybridized carbons (Fsp3) is 0.263. The number of aryl methyl sites for hydroxylation is 2. The summed E-state index contributed by atoms with van der Waals surface area (Å²) in [4.78, 5) is 26.4. The van der Waals surface area contributed by atoms with Crippen molar-refractivity contribution >= 4 is 34.8 Å². The maximum atomic E-state index is 12.5. The van der Waals surface area contributed by atoms with E-state index in [9.17, 15) is 9.59 Å². The van der Waals surface area contributed by atoms with Crippen molar-refractivity contribution in [2.24, 2.45) is 5.92 Å². The molecule has 2 amide bonds. The monoisotopic (exact) mass is 342 g/mol. The van der Waals surface area contributed by atoms with Crippen LogP contribution < -0.4 is 10.2 Å².